The van der Waals surface area contributed by atoms with Crippen molar-refractivity contribution in [2.45, 2.75) is 19.3 Å². The second kappa shape index (κ2) is 8.39. The Bertz CT molecular complexity index is 766. The van der Waals surface area contributed by atoms with Gasteiger partial charge in [-0.05, 0) is 55.7 Å². The van der Waals surface area contributed by atoms with Crippen LogP contribution in [0.1, 0.15) is 29.8 Å². The molecule has 4 rings (SSSR count). The first-order valence-electron chi connectivity index (χ1n) is 9.75. The zero-order chi connectivity index (χ0) is 18.5. The van der Waals surface area contributed by atoms with Crippen molar-refractivity contribution in [2.24, 2.45) is 0 Å². The molecule has 2 aliphatic heterocycles. The number of hydrogen-bond acceptors (Lipinski definition) is 5. The molecule has 2 fully saturated rings. The van der Waals surface area contributed by atoms with Gasteiger partial charge in [-0.25, -0.2) is 0 Å². The van der Waals surface area contributed by atoms with E-state index in [1.807, 2.05) is 12.1 Å². The second-order valence-corrected chi connectivity index (χ2v) is 7.05. The molecule has 1 aromatic heterocycles. The van der Waals surface area contributed by atoms with Crippen LogP contribution < -0.4 is 10.2 Å². The molecule has 27 heavy (non-hydrogen) atoms. The number of amides is 1. The van der Waals surface area contributed by atoms with E-state index in [9.17, 15) is 4.79 Å². The molecule has 0 bridgehead atoms. The van der Waals surface area contributed by atoms with Crippen molar-refractivity contribution in [3.8, 4) is 0 Å². The van der Waals surface area contributed by atoms with Gasteiger partial charge in [0.2, 0.25) is 0 Å². The SMILES string of the molecule is O=C(c1cc(Nc2ccc(N3CCCCC3)cc2)ccn1)N1CCOCC1. The van der Waals surface area contributed by atoms with Gasteiger partial charge in [0.1, 0.15) is 5.69 Å². The van der Waals surface area contributed by atoms with Gasteiger partial charge in [-0.3, -0.25) is 9.78 Å². The van der Waals surface area contributed by atoms with Crippen molar-refractivity contribution in [1.82, 2.24) is 9.88 Å². The molecule has 0 spiro atoms. The second-order valence-electron chi connectivity index (χ2n) is 7.05. The van der Waals surface area contributed by atoms with Crippen LogP contribution in [0.2, 0.25) is 0 Å². The number of piperidine rings is 1. The molecule has 142 valence electrons. The van der Waals surface area contributed by atoms with Gasteiger partial charge in [-0.15, -0.1) is 0 Å². The number of nitrogens with zero attached hydrogens (tertiary/aromatic N) is 3. The lowest BCUT2D eigenvalue weighted by Gasteiger charge is -2.28. The van der Waals surface area contributed by atoms with E-state index in [4.69, 9.17) is 4.74 Å². The van der Waals surface area contributed by atoms with Crippen LogP contribution >= 0.6 is 0 Å². The van der Waals surface area contributed by atoms with Crippen LogP contribution in [-0.4, -0.2) is 55.2 Å². The molecule has 3 heterocycles. The third kappa shape index (κ3) is 4.39. The highest BCUT2D eigenvalue weighted by Crippen LogP contribution is 2.24. The van der Waals surface area contributed by atoms with Crippen molar-refractivity contribution in [2.75, 3.05) is 49.6 Å². The monoisotopic (exact) mass is 366 g/mol. The van der Waals surface area contributed by atoms with Crippen LogP contribution in [0.5, 0.6) is 0 Å². The van der Waals surface area contributed by atoms with Gasteiger partial charge in [0.05, 0.1) is 13.2 Å². The van der Waals surface area contributed by atoms with Crippen LogP contribution in [-0.2, 0) is 4.74 Å². The highest BCUT2D eigenvalue weighted by molar-refractivity contribution is 5.93. The quantitative estimate of drug-likeness (QED) is 0.900. The van der Waals surface area contributed by atoms with Gasteiger partial charge in [-0.1, -0.05) is 0 Å². The Morgan fingerprint density at radius 3 is 2.41 bits per heavy atom. The summed E-state index contributed by atoms with van der Waals surface area (Å²) in [6, 6.07) is 12.2. The van der Waals surface area contributed by atoms with Crippen molar-refractivity contribution in [3.05, 3.63) is 48.3 Å². The zero-order valence-corrected chi connectivity index (χ0v) is 15.6. The van der Waals surface area contributed by atoms with E-state index in [0.29, 0.717) is 32.0 Å². The molecule has 1 amide bonds. The molecular formula is C21H26N4O2. The molecule has 0 unspecified atom stereocenters. The van der Waals surface area contributed by atoms with E-state index >= 15 is 0 Å². The standard InChI is InChI=1S/C21H26N4O2/c26-21(25-12-14-27-15-13-25)20-16-18(8-9-22-20)23-17-4-6-19(7-5-17)24-10-2-1-3-11-24/h4-9,16H,1-3,10-15H2,(H,22,23). The number of carbonyl (C=O) groups is 1. The smallest absolute Gasteiger partial charge is 0.272 e. The Morgan fingerprint density at radius 2 is 1.67 bits per heavy atom. The molecule has 1 N–H and O–H groups in total. The minimum absolute atomic E-state index is 0.0394. The summed E-state index contributed by atoms with van der Waals surface area (Å²) in [5.74, 6) is -0.0394. The summed E-state index contributed by atoms with van der Waals surface area (Å²) in [5.41, 5.74) is 3.61. The fourth-order valence-electron chi connectivity index (χ4n) is 3.63. The number of nitrogens with one attached hydrogen (secondary N) is 1. The Morgan fingerprint density at radius 1 is 0.926 bits per heavy atom. The lowest BCUT2D eigenvalue weighted by molar-refractivity contribution is 0.0299. The first kappa shape index (κ1) is 17.8. The first-order valence-corrected chi connectivity index (χ1v) is 9.75. The summed E-state index contributed by atoms with van der Waals surface area (Å²) >= 11 is 0. The molecule has 0 saturated carbocycles. The average molecular weight is 366 g/mol. The number of benzene rings is 1. The summed E-state index contributed by atoms with van der Waals surface area (Å²) in [5, 5.41) is 3.38. The van der Waals surface area contributed by atoms with Crippen LogP contribution in [0.4, 0.5) is 17.1 Å². The Labute approximate surface area is 160 Å². The van der Waals surface area contributed by atoms with E-state index in [-0.39, 0.29) is 5.91 Å². The normalized spacial score (nSPS) is 17.6. The minimum atomic E-state index is -0.0394. The van der Waals surface area contributed by atoms with Gasteiger partial charge < -0.3 is 19.9 Å². The van der Waals surface area contributed by atoms with Crippen molar-refractivity contribution < 1.29 is 9.53 Å². The summed E-state index contributed by atoms with van der Waals surface area (Å²) in [4.78, 5) is 21.1. The zero-order valence-electron chi connectivity index (χ0n) is 15.6. The summed E-state index contributed by atoms with van der Waals surface area (Å²) in [7, 11) is 0. The van der Waals surface area contributed by atoms with Crippen molar-refractivity contribution >= 4 is 23.0 Å². The van der Waals surface area contributed by atoms with Crippen molar-refractivity contribution in [1.29, 1.82) is 0 Å². The molecule has 1 aromatic carbocycles. The fourth-order valence-corrected chi connectivity index (χ4v) is 3.63. The number of morpholine rings is 1. The maximum Gasteiger partial charge on any atom is 0.272 e. The molecule has 0 radical (unpaired) electrons. The van der Waals surface area contributed by atoms with E-state index in [1.54, 1.807) is 11.1 Å². The lowest BCUT2D eigenvalue weighted by atomic mass is 10.1. The number of rotatable bonds is 4. The Kier molecular flexibility index (Phi) is 5.53. The molecule has 6 heteroatoms. The maximum absolute atomic E-state index is 12.6. The largest absolute Gasteiger partial charge is 0.378 e. The van der Waals surface area contributed by atoms with Gasteiger partial charge in [-0.2, -0.15) is 0 Å². The maximum atomic E-state index is 12.6. The topological polar surface area (TPSA) is 57.7 Å². The third-order valence-corrected chi connectivity index (χ3v) is 5.15. The molecule has 0 aliphatic carbocycles. The molecular weight excluding hydrogens is 340 g/mol. The van der Waals surface area contributed by atoms with Crippen molar-refractivity contribution in [3.63, 3.8) is 0 Å². The predicted molar refractivity (Wildman–Crippen MR) is 107 cm³/mol. The van der Waals surface area contributed by atoms with Gasteiger partial charge in [0, 0.05) is 49.4 Å². The molecule has 2 saturated heterocycles. The average Bonchev–Trinajstić information content (AvgIpc) is 2.75. The van der Waals surface area contributed by atoms with Crippen LogP contribution in [0, 0.1) is 0 Å². The van der Waals surface area contributed by atoms with E-state index < -0.39 is 0 Å². The van der Waals surface area contributed by atoms with Crippen LogP contribution in [0.15, 0.2) is 42.6 Å². The van der Waals surface area contributed by atoms with Gasteiger partial charge in [0.25, 0.3) is 5.91 Å². The number of carbonyl (C=O) groups excluding carboxylic acids is 1. The summed E-state index contributed by atoms with van der Waals surface area (Å²) in [6.45, 7) is 4.71. The lowest BCUT2D eigenvalue weighted by Crippen LogP contribution is -2.41. The van der Waals surface area contributed by atoms with E-state index in [0.717, 1.165) is 24.5 Å². The van der Waals surface area contributed by atoms with Gasteiger partial charge >= 0.3 is 0 Å². The number of hydrogen-bond donors (Lipinski definition) is 1. The van der Waals surface area contributed by atoms with Gasteiger partial charge in [0.15, 0.2) is 0 Å². The molecule has 6 nitrogen and oxygen atoms in total. The minimum Gasteiger partial charge on any atom is -0.378 e. The number of anilines is 3. The summed E-state index contributed by atoms with van der Waals surface area (Å²) in [6.07, 6.45) is 5.57. The number of ether oxygens (including phenoxy) is 1. The number of pyridine rings is 1. The Balaban J connectivity index is 1.42. The molecule has 2 aliphatic rings. The predicted octanol–water partition coefficient (Wildman–Crippen LogP) is 3.29. The highest BCUT2D eigenvalue weighted by atomic mass is 16.5. The highest BCUT2D eigenvalue weighted by Gasteiger charge is 2.19. The summed E-state index contributed by atoms with van der Waals surface area (Å²) < 4.78 is 5.31. The third-order valence-electron chi connectivity index (χ3n) is 5.15. The van der Waals surface area contributed by atoms with E-state index in [2.05, 4.69) is 39.5 Å². The Hall–Kier alpha value is -2.60. The van der Waals surface area contributed by atoms with E-state index in [1.165, 1.54) is 24.9 Å². The van der Waals surface area contributed by atoms with Crippen LogP contribution in [0.3, 0.4) is 0 Å². The van der Waals surface area contributed by atoms with Crippen LogP contribution in [0.25, 0.3) is 0 Å². The molecule has 2 aromatic rings. The molecule has 0 atom stereocenters. The first-order chi connectivity index (χ1) is 13.3. The fraction of sp³-hybridized carbons (Fsp3) is 0.429. The number of aromatic nitrogens is 1.